The summed E-state index contributed by atoms with van der Waals surface area (Å²) in [5.74, 6) is -0.301. The molecule has 0 aliphatic carbocycles. The van der Waals surface area contributed by atoms with Gasteiger partial charge in [-0.1, -0.05) is 22.7 Å². The Kier molecular flexibility index (Phi) is 26.1. The third kappa shape index (κ3) is 18.8. The van der Waals surface area contributed by atoms with Crippen molar-refractivity contribution in [3.05, 3.63) is 199 Å². The number of aromatic nitrogens is 8. The minimum atomic E-state index is -1.25. The molecule has 2 saturated heterocycles. The summed E-state index contributed by atoms with van der Waals surface area (Å²) < 4.78 is 52.2. The summed E-state index contributed by atoms with van der Waals surface area (Å²) in [6.45, 7) is 40.5. The summed E-state index contributed by atoms with van der Waals surface area (Å²) in [7, 11) is 0. The second kappa shape index (κ2) is 37.9. The molecular formula is C110H112N12O16S4. The van der Waals surface area contributed by atoms with Crippen LogP contribution in [0.5, 0.6) is 23.0 Å². The van der Waals surface area contributed by atoms with Gasteiger partial charge in [-0.25, -0.2) is 29.5 Å². The zero-order valence-corrected chi connectivity index (χ0v) is 85.9. The number of aryl methyl sites for hydroxylation is 4. The molecule has 0 bridgehead atoms. The van der Waals surface area contributed by atoms with Crippen LogP contribution in [0.4, 0.5) is 10.3 Å². The van der Waals surface area contributed by atoms with E-state index in [2.05, 4.69) is 80.0 Å². The van der Waals surface area contributed by atoms with Crippen molar-refractivity contribution in [2.45, 2.75) is 210 Å². The number of ether oxygens (including phenoxy) is 8. The van der Waals surface area contributed by atoms with Gasteiger partial charge in [0, 0.05) is 165 Å². The number of rotatable bonds is 20. The van der Waals surface area contributed by atoms with E-state index in [-0.39, 0.29) is 21.6 Å². The number of carboxylic acids is 2. The molecule has 16 aromatic rings. The number of Topliss-reactive ketones (excluding diaryl/α,β-unsaturated/α-hetero) is 2. The first-order valence-corrected chi connectivity index (χ1v) is 51.0. The molecule has 22 rings (SSSR count). The standard InChI is InChI=1S/2C29H31N3O3S.2C26H25N3O5S/c2*1-16-15-20-27(36-28(31-20)32-12-6-13-32)24(22(16)26(17(2)33)35-29(3,4)5)19-7-8-21-23-18(10-14-34-21)9-11-30-25(19)23;2*1-12-11-15-22(35-24(29-15)23(27)30)19(17(12)21(25(31)32)34-26(2,3)4)14-5-6-16-18-13(8-10-33-16)7-9-28-20(14)18/h2*7-9,11,15,26H,6,10,12-14H2,1-5H3;2*5-7,9,11,21H,8,10H2,1-4H3,(H2,27,30)(H,31,32)/t2*26-;2*21-/m1100/s1. The van der Waals surface area contributed by atoms with Gasteiger partial charge >= 0.3 is 11.9 Å². The lowest BCUT2D eigenvalue weighted by Gasteiger charge is -2.30. The van der Waals surface area contributed by atoms with Gasteiger partial charge in [-0.15, -0.1) is 22.7 Å². The van der Waals surface area contributed by atoms with Gasteiger partial charge < -0.3 is 69.4 Å². The number of thiazole rings is 4. The molecule has 32 heteroatoms. The lowest BCUT2D eigenvalue weighted by molar-refractivity contribution is -0.161. The molecule has 0 radical (unpaired) electrons. The maximum Gasteiger partial charge on any atom is 0.337 e. The Labute approximate surface area is 836 Å². The number of nitrogens with two attached hydrogens (primary N) is 2. The first-order valence-electron chi connectivity index (χ1n) is 47.7. The number of ketones is 2. The van der Waals surface area contributed by atoms with Crippen LogP contribution < -0.4 is 40.2 Å². The quantitative estimate of drug-likeness (QED) is 0.0550. The van der Waals surface area contributed by atoms with Gasteiger partial charge in [-0.3, -0.25) is 39.1 Å². The smallest absolute Gasteiger partial charge is 0.337 e. The average Bonchev–Trinajstić information content (AvgIpc) is 1.01. The highest BCUT2D eigenvalue weighted by atomic mass is 32.1. The molecule has 0 unspecified atom stereocenters. The molecule has 142 heavy (non-hydrogen) atoms. The van der Waals surface area contributed by atoms with Crippen molar-refractivity contribution in [3.8, 4) is 67.5 Å². The van der Waals surface area contributed by atoms with Crippen molar-refractivity contribution in [1.29, 1.82) is 0 Å². The highest BCUT2D eigenvalue weighted by Crippen LogP contribution is 2.55. The predicted molar refractivity (Wildman–Crippen MR) is 559 cm³/mol. The van der Waals surface area contributed by atoms with Crippen molar-refractivity contribution in [3.63, 3.8) is 0 Å². The first-order chi connectivity index (χ1) is 67.5. The van der Waals surface area contributed by atoms with E-state index in [1.165, 1.54) is 24.0 Å². The number of hydrogen-bond acceptors (Lipinski definition) is 28. The number of pyridine rings is 4. The van der Waals surface area contributed by atoms with E-state index in [0.29, 0.717) is 91.3 Å². The Balaban J connectivity index is 0.000000120. The molecule has 2 fully saturated rings. The van der Waals surface area contributed by atoms with Crippen molar-refractivity contribution in [1.82, 2.24) is 39.9 Å². The molecule has 8 aromatic heterocycles. The maximum atomic E-state index is 13.1. The molecule has 732 valence electrons. The highest BCUT2D eigenvalue weighted by Gasteiger charge is 2.41. The zero-order valence-electron chi connectivity index (χ0n) is 82.6. The lowest BCUT2D eigenvalue weighted by Crippen LogP contribution is -2.36. The van der Waals surface area contributed by atoms with Crippen LogP contribution in [0.25, 0.3) is 129 Å². The van der Waals surface area contributed by atoms with Crippen LogP contribution in [-0.4, -0.2) is 160 Å². The van der Waals surface area contributed by atoms with Crippen molar-refractivity contribution in [2.24, 2.45) is 11.5 Å². The van der Waals surface area contributed by atoms with Crippen LogP contribution in [0.15, 0.2) is 122 Å². The molecule has 8 aromatic carbocycles. The number of amides is 2. The molecule has 0 spiro atoms. The van der Waals surface area contributed by atoms with Gasteiger partial charge in [0.1, 0.15) is 35.2 Å². The fourth-order valence-electron chi connectivity index (χ4n) is 19.7. The largest absolute Gasteiger partial charge is 0.493 e. The summed E-state index contributed by atoms with van der Waals surface area (Å²) >= 11 is 5.68. The number of carboxylic acid groups (broad SMARTS) is 2. The van der Waals surface area contributed by atoms with E-state index in [1.807, 2.05) is 158 Å². The molecule has 6 aliphatic heterocycles. The summed E-state index contributed by atoms with van der Waals surface area (Å²) in [5, 5.41) is 26.8. The normalized spacial score (nSPS) is 15.2. The average molecular weight is 1990 g/mol. The zero-order chi connectivity index (χ0) is 101. The van der Waals surface area contributed by atoms with E-state index >= 15 is 0 Å². The molecule has 28 nitrogen and oxygen atoms in total. The van der Waals surface area contributed by atoms with Gasteiger partial charge in [-0.2, -0.15) is 0 Å². The number of carbonyl (C=O) groups excluding carboxylic acids is 4. The molecule has 2 amide bonds. The number of anilines is 2. The van der Waals surface area contributed by atoms with Crippen LogP contribution in [-0.2, 0) is 63.8 Å². The summed E-state index contributed by atoms with van der Waals surface area (Å²) in [6.07, 6.45) is 8.98. The van der Waals surface area contributed by atoms with Crippen LogP contribution >= 0.6 is 45.3 Å². The highest BCUT2D eigenvalue weighted by molar-refractivity contribution is 7.23. The van der Waals surface area contributed by atoms with Crippen LogP contribution in [0.1, 0.15) is 221 Å². The molecule has 14 heterocycles. The number of hydrogen-bond donors (Lipinski definition) is 4. The summed E-state index contributed by atoms with van der Waals surface area (Å²) in [4.78, 5) is 118. The number of fused-ring (bicyclic) bond motifs is 4. The number of nitrogens with zero attached hydrogens (tertiary/aromatic N) is 10. The lowest BCUT2D eigenvalue weighted by atomic mass is 9.88. The number of benzene rings is 8. The second-order valence-corrected chi connectivity index (χ2v) is 44.7. The monoisotopic (exact) mass is 1980 g/mol. The Hall–Kier alpha value is -13.2. The number of carbonyl (C=O) groups is 6. The fourth-order valence-corrected chi connectivity index (χ4v) is 24.0. The molecular weight excluding hydrogens is 1870 g/mol. The van der Waals surface area contributed by atoms with Crippen molar-refractivity contribution in [2.75, 3.05) is 62.4 Å². The number of aliphatic carboxylic acids is 2. The third-order valence-corrected chi connectivity index (χ3v) is 30.3. The molecule has 6 aliphatic rings. The summed E-state index contributed by atoms with van der Waals surface area (Å²) in [5.41, 5.74) is 32.5. The maximum absolute atomic E-state index is 13.1. The van der Waals surface area contributed by atoms with Gasteiger partial charge in [0.2, 0.25) is 0 Å². The minimum absolute atomic E-state index is 0.0138. The van der Waals surface area contributed by atoms with E-state index < -0.39 is 70.6 Å². The molecule has 0 saturated carbocycles. The van der Waals surface area contributed by atoms with Crippen molar-refractivity contribution < 1.29 is 76.9 Å². The van der Waals surface area contributed by atoms with Crippen LogP contribution in [0, 0.1) is 27.7 Å². The van der Waals surface area contributed by atoms with E-state index in [1.54, 1.807) is 61.0 Å². The van der Waals surface area contributed by atoms with E-state index in [0.717, 1.165) is 228 Å². The van der Waals surface area contributed by atoms with Gasteiger partial charge in [0.05, 0.1) is 112 Å². The van der Waals surface area contributed by atoms with E-state index in [9.17, 15) is 39.0 Å². The van der Waals surface area contributed by atoms with Gasteiger partial charge in [0.25, 0.3) is 11.8 Å². The Bertz CT molecular complexity index is 7400. The van der Waals surface area contributed by atoms with Crippen LogP contribution in [0.3, 0.4) is 0 Å². The molecule has 6 N–H and O–H groups in total. The fraction of sp³-hybridized carbons (Fsp3) is 0.364. The third-order valence-electron chi connectivity index (χ3n) is 25.8. The topological polar surface area (TPSA) is 378 Å². The Morgan fingerprint density at radius 2 is 0.606 bits per heavy atom. The minimum Gasteiger partial charge on any atom is -0.493 e. The Morgan fingerprint density at radius 1 is 0.359 bits per heavy atom. The van der Waals surface area contributed by atoms with E-state index in [4.69, 9.17) is 69.3 Å². The van der Waals surface area contributed by atoms with Gasteiger partial charge in [-0.05, 0) is 279 Å². The predicted octanol–water partition coefficient (Wildman–Crippen LogP) is 22.4. The Morgan fingerprint density at radius 3 is 0.838 bits per heavy atom. The SMILES string of the molecule is CC(=O)[C@@H](OC(C)(C)C)c1c(C)cc2nc(N3CCC3)sc2c1-c1ccc2c3c(ccnc13)CCO2.CC(=O)[C@@H](OC(C)(C)C)c1c(C)cc2nc(N3CCC3)sc2c1-c1ccc2c3c(ccnc13)CCO2.Cc1cc2nc(C(N)=O)sc2c(-c2ccc3c4c(ccnc24)CCO3)c1[C@H](OC(C)(C)C)C(=O)O.Cc1cc2nc(C(N)=O)sc2c(-c2ccc3c4c(ccnc24)CCO3)c1[C@H](OC(C)(C)C)C(=O)O. The summed E-state index contributed by atoms with van der Waals surface area (Å²) in [6, 6.07) is 31.7. The first kappa shape index (κ1) is 97.6. The number of primary amides is 2. The molecule has 4 atom stereocenters. The van der Waals surface area contributed by atoms with Gasteiger partial charge in [0.15, 0.2) is 44.1 Å². The second-order valence-electron chi connectivity index (χ2n) is 40.7. The van der Waals surface area contributed by atoms with Crippen LogP contribution in [0.2, 0.25) is 0 Å². The van der Waals surface area contributed by atoms with Crippen molar-refractivity contribution >= 4 is 175 Å².